The number of rotatable bonds is 14. The van der Waals surface area contributed by atoms with Crippen molar-refractivity contribution in [1.82, 2.24) is 10.6 Å². The third kappa shape index (κ3) is 8.00. The molecule has 0 heterocycles. The molecule has 0 spiro atoms. The number of benzene rings is 6. The van der Waals surface area contributed by atoms with Crippen molar-refractivity contribution in [2.24, 2.45) is 5.41 Å². The second-order valence-electron chi connectivity index (χ2n) is 14.1. The maximum absolute atomic E-state index is 14.6. The van der Waals surface area contributed by atoms with E-state index in [1.54, 1.807) is 13.8 Å². The number of nitrogens with one attached hydrogen (secondary N) is 2. The van der Waals surface area contributed by atoms with E-state index in [-0.39, 0.29) is 12.8 Å². The van der Waals surface area contributed by atoms with Crippen LogP contribution in [0.25, 0.3) is 0 Å². The third-order valence-electron chi connectivity index (χ3n) is 10.2. The van der Waals surface area contributed by atoms with Crippen LogP contribution in [-0.4, -0.2) is 34.1 Å². The minimum absolute atomic E-state index is 0.281. The molecule has 6 rings (SSSR count). The van der Waals surface area contributed by atoms with Crippen molar-refractivity contribution >= 4 is 11.8 Å². The van der Waals surface area contributed by atoms with Crippen molar-refractivity contribution < 1.29 is 19.8 Å². The maximum atomic E-state index is 14.6. The summed E-state index contributed by atoms with van der Waals surface area (Å²) in [6.07, 6.45) is 0.561. The fourth-order valence-corrected chi connectivity index (χ4v) is 6.99. The van der Waals surface area contributed by atoms with Gasteiger partial charge in [-0.3, -0.25) is 9.59 Å². The van der Waals surface area contributed by atoms with E-state index in [0.717, 1.165) is 11.1 Å². The average molecular weight is 703 g/mol. The smallest absolute Gasteiger partial charge is 0.235 e. The zero-order chi connectivity index (χ0) is 37.3. The second-order valence-corrected chi connectivity index (χ2v) is 14.1. The number of hydrogen-bond acceptors (Lipinski definition) is 4. The predicted octanol–water partition coefficient (Wildman–Crippen LogP) is 7.34. The van der Waals surface area contributed by atoms with Crippen LogP contribution in [0.15, 0.2) is 182 Å². The maximum Gasteiger partial charge on any atom is 0.235 e. The first-order chi connectivity index (χ1) is 25.6. The summed E-state index contributed by atoms with van der Waals surface area (Å²) >= 11 is 0. The lowest BCUT2D eigenvalue weighted by Gasteiger charge is -2.41. The Bertz CT molecular complexity index is 1830. The molecular weight excluding hydrogens is 657 g/mol. The Morgan fingerprint density at radius 1 is 0.434 bits per heavy atom. The summed E-state index contributed by atoms with van der Waals surface area (Å²) in [6, 6.07) is 54.7. The lowest BCUT2D eigenvalue weighted by atomic mass is 9.76. The molecule has 6 aromatic carbocycles. The van der Waals surface area contributed by atoms with Gasteiger partial charge in [0, 0.05) is 0 Å². The second kappa shape index (κ2) is 16.2. The molecule has 6 aromatic rings. The summed E-state index contributed by atoms with van der Waals surface area (Å²) in [5, 5.41) is 32.0. The first-order valence-electron chi connectivity index (χ1n) is 18.0. The van der Waals surface area contributed by atoms with Gasteiger partial charge in [0.05, 0.1) is 12.1 Å². The van der Waals surface area contributed by atoms with Crippen LogP contribution in [0.4, 0.5) is 0 Å². The van der Waals surface area contributed by atoms with E-state index in [1.807, 2.05) is 182 Å². The van der Waals surface area contributed by atoms with E-state index in [2.05, 4.69) is 10.6 Å². The van der Waals surface area contributed by atoms with Crippen LogP contribution in [0.3, 0.4) is 0 Å². The molecule has 0 aliphatic carbocycles. The van der Waals surface area contributed by atoms with Gasteiger partial charge in [0.2, 0.25) is 11.8 Å². The first kappa shape index (κ1) is 37.0. The molecule has 0 saturated heterocycles. The highest BCUT2D eigenvalue weighted by Crippen LogP contribution is 2.37. The molecule has 0 radical (unpaired) electrons. The van der Waals surface area contributed by atoms with Crippen LogP contribution in [0, 0.1) is 5.41 Å². The van der Waals surface area contributed by atoms with Crippen molar-refractivity contribution in [3.05, 3.63) is 215 Å². The van der Waals surface area contributed by atoms with Gasteiger partial charge in [-0.2, -0.15) is 0 Å². The molecule has 2 amide bonds. The lowest BCUT2D eigenvalue weighted by Crippen LogP contribution is -2.60. The topological polar surface area (TPSA) is 98.7 Å². The highest BCUT2D eigenvalue weighted by molar-refractivity contribution is 6.04. The molecule has 6 heteroatoms. The Hall–Kier alpha value is -5.82. The van der Waals surface area contributed by atoms with Crippen LogP contribution in [-0.2, 0) is 33.6 Å². The van der Waals surface area contributed by atoms with E-state index < -0.39 is 40.5 Å². The molecule has 0 aliphatic rings. The van der Waals surface area contributed by atoms with Gasteiger partial charge in [0.1, 0.15) is 16.6 Å². The van der Waals surface area contributed by atoms with Crippen molar-refractivity contribution in [2.45, 2.75) is 50.0 Å². The van der Waals surface area contributed by atoms with Crippen LogP contribution in [0.2, 0.25) is 0 Å². The summed E-state index contributed by atoms with van der Waals surface area (Å²) < 4.78 is 0. The summed E-state index contributed by atoms with van der Waals surface area (Å²) in [5.74, 6) is -1.13. The largest absolute Gasteiger partial charge is 0.378 e. The quantitative estimate of drug-likeness (QED) is 0.0894. The van der Waals surface area contributed by atoms with Gasteiger partial charge in [-0.1, -0.05) is 182 Å². The zero-order valence-electron chi connectivity index (χ0n) is 30.1. The van der Waals surface area contributed by atoms with Crippen LogP contribution in [0.1, 0.15) is 47.2 Å². The molecule has 268 valence electrons. The number of aliphatic hydroxyl groups is 2. The molecule has 0 aliphatic heterocycles. The summed E-state index contributed by atoms with van der Waals surface area (Å²) in [5.41, 5.74) is -0.710. The summed E-state index contributed by atoms with van der Waals surface area (Å²) in [6.45, 7) is 3.15. The van der Waals surface area contributed by atoms with Crippen molar-refractivity contribution in [1.29, 1.82) is 0 Å². The Labute approximate surface area is 312 Å². The van der Waals surface area contributed by atoms with E-state index in [0.29, 0.717) is 22.3 Å². The molecule has 0 bridgehead atoms. The van der Waals surface area contributed by atoms with Gasteiger partial charge in [-0.15, -0.1) is 0 Å². The zero-order valence-corrected chi connectivity index (χ0v) is 30.1. The molecule has 0 aromatic heterocycles. The van der Waals surface area contributed by atoms with Gasteiger partial charge in [-0.05, 0) is 60.1 Å². The van der Waals surface area contributed by atoms with Crippen molar-refractivity contribution in [3.8, 4) is 0 Å². The highest BCUT2D eigenvalue weighted by atomic mass is 16.3. The molecule has 0 fully saturated rings. The molecule has 2 unspecified atom stereocenters. The highest BCUT2D eigenvalue weighted by Gasteiger charge is 2.47. The summed E-state index contributed by atoms with van der Waals surface area (Å²) in [4.78, 5) is 29.2. The van der Waals surface area contributed by atoms with E-state index in [9.17, 15) is 19.8 Å². The monoisotopic (exact) mass is 702 g/mol. The molecule has 53 heavy (non-hydrogen) atoms. The normalized spacial score (nSPS) is 13.1. The molecule has 0 saturated carbocycles. The fraction of sp³-hybridized carbons (Fsp3) is 0.191. The minimum atomic E-state index is -1.66. The SMILES string of the molecule is CC(C)(C(=O)NC(Cc1ccccc1)C(O)(c1ccccc1)c1ccccc1)C(=O)NC(Cc1ccccc1)C(O)(c1ccccc1)c1ccccc1. The number of amides is 2. The first-order valence-corrected chi connectivity index (χ1v) is 18.0. The van der Waals surface area contributed by atoms with Crippen LogP contribution >= 0.6 is 0 Å². The number of hydrogen-bond donors (Lipinski definition) is 4. The lowest BCUT2D eigenvalue weighted by molar-refractivity contribution is -0.144. The minimum Gasteiger partial charge on any atom is -0.378 e. The molecule has 4 N–H and O–H groups in total. The number of carbonyl (C=O) groups is 2. The van der Waals surface area contributed by atoms with Crippen molar-refractivity contribution in [3.63, 3.8) is 0 Å². The predicted molar refractivity (Wildman–Crippen MR) is 210 cm³/mol. The van der Waals surface area contributed by atoms with Crippen LogP contribution < -0.4 is 10.6 Å². The standard InChI is InChI=1S/C47H46N2O4/c1-45(2,43(50)48-41(33-35-21-9-3-10-22-35)46(52,37-25-13-5-14-26-37)38-27-15-6-16-28-38)44(51)49-42(34-36-23-11-4-12-24-36)47(53,39-29-17-7-18-30-39)40-31-19-8-20-32-40/h3-32,41-42,52-53H,33-34H2,1-2H3,(H,48,50)(H,49,51). The van der Waals surface area contributed by atoms with E-state index in [1.165, 1.54) is 0 Å². The van der Waals surface area contributed by atoms with Crippen molar-refractivity contribution in [2.75, 3.05) is 0 Å². The fourth-order valence-electron chi connectivity index (χ4n) is 6.99. The van der Waals surface area contributed by atoms with E-state index in [4.69, 9.17) is 0 Å². The molecular formula is C47H46N2O4. The molecule has 6 nitrogen and oxygen atoms in total. The van der Waals surface area contributed by atoms with Gasteiger partial charge < -0.3 is 20.8 Å². The average Bonchev–Trinajstić information content (AvgIpc) is 3.21. The Morgan fingerprint density at radius 3 is 0.906 bits per heavy atom. The Balaban J connectivity index is 1.38. The Kier molecular flexibility index (Phi) is 11.3. The third-order valence-corrected chi connectivity index (χ3v) is 10.2. The van der Waals surface area contributed by atoms with E-state index >= 15 is 0 Å². The number of carbonyl (C=O) groups excluding carboxylic acids is 2. The van der Waals surface area contributed by atoms with Gasteiger partial charge >= 0.3 is 0 Å². The van der Waals surface area contributed by atoms with Gasteiger partial charge in [-0.25, -0.2) is 0 Å². The van der Waals surface area contributed by atoms with Gasteiger partial charge in [0.25, 0.3) is 0 Å². The Morgan fingerprint density at radius 2 is 0.660 bits per heavy atom. The molecule has 2 atom stereocenters. The van der Waals surface area contributed by atoms with Crippen LogP contribution in [0.5, 0.6) is 0 Å². The van der Waals surface area contributed by atoms with Gasteiger partial charge in [0.15, 0.2) is 0 Å². The summed E-state index contributed by atoms with van der Waals surface area (Å²) in [7, 11) is 0.